The van der Waals surface area contributed by atoms with Crippen LogP contribution in [0.2, 0.25) is 0 Å². The van der Waals surface area contributed by atoms with Crippen molar-refractivity contribution >= 4 is 15.9 Å². The molecule has 0 heterocycles. The Kier molecular flexibility index (Phi) is 5.87. The summed E-state index contributed by atoms with van der Waals surface area (Å²) in [6.45, 7) is 0. The molecule has 1 N–H and O–H groups in total. The van der Waals surface area contributed by atoms with Crippen molar-refractivity contribution in [2.24, 2.45) is 0 Å². The first-order valence-electron chi connectivity index (χ1n) is 7.23. The van der Waals surface area contributed by atoms with Crippen LogP contribution in [0.5, 0.6) is 5.75 Å². The molecule has 4 heteroatoms. The van der Waals surface area contributed by atoms with E-state index in [-0.39, 0.29) is 6.04 Å². The van der Waals surface area contributed by atoms with Crippen LogP contribution in [0.25, 0.3) is 0 Å². The van der Waals surface area contributed by atoms with E-state index >= 15 is 0 Å². The minimum atomic E-state index is -0.289. The number of nitrogens with one attached hydrogen (secondary N) is 1. The van der Waals surface area contributed by atoms with Crippen LogP contribution in [0.1, 0.15) is 50.1 Å². The molecule has 3 nitrogen and oxygen atoms in total. The number of hydrogen-bond donors (Lipinski definition) is 1. The topological polar surface area (TPSA) is 45.0 Å². The van der Waals surface area contributed by atoms with Crippen molar-refractivity contribution in [3.05, 3.63) is 28.2 Å². The smallest absolute Gasteiger partial charge is 0.122 e. The molecule has 1 saturated carbocycles. The second kappa shape index (κ2) is 7.66. The van der Waals surface area contributed by atoms with Crippen LogP contribution < -0.4 is 10.1 Å². The van der Waals surface area contributed by atoms with E-state index < -0.39 is 0 Å². The van der Waals surface area contributed by atoms with Crippen molar-refractivity contribution < 1.29 is 4.74 Å². The van der Waals surface area contributed by atoms with Crippen LogP contribution in [0.3, 0.4) is 0 Å². The van der Waals surface area contributed by atoms with E-state index in [2.05, 4.69) is 27.3 Å². The molecule has 0 aromatic heterocycles. The minimum absolute atomic E-state index is 0.289. The average Bonchev–Trinajstić information content (AvgIpc) is 2.74. The summed E-state index contributed by atoms with van der Waals surface area (Å²) < 4.78 is 6.21. The van der Waals surface area contributed by atoms with Crippen LogP contribution in [0, 0.1) is 11.3 Å². The predicted octanol–water partition coefficient (Wildman–Crippen LogP) is 4.33. The molecule has 108 valence electrons. The van der Waals surface area contributed by atoms with Gasteiger partial charge in [-0.1, -0.05) is 41.6 Å². The largest absolute Gasteiger partial charge is 0.497 e. The number of halogens is 1. The number of hydrogen-bond acceptors (Lipinski definition) is 3. The Morgan fingerprint density at radius 3 is 2.60 bits per heavy atom. The van der Waals surface area contributed by atoms with Gasteiger partial charge in [-0.05, 0) is 31.0 Å². The lowest BCUT2D eigenvalue weighted by molar-refractivity contribution is 0.410. The van der Waals surface area contributed by atoms with E-state index in [0.29, 0.717) is 6.04 Å². The summed E-state index contributed by atoms with van der Waals surface area (Å²) in [5.41, 5.74) is 0.955. The van der Waals surface area contributed by atoms with Crippen LogP contribution >= 0.6 is 15.9 Å². The first-order valence-corrected chi connectivity index (χ1v) is 8.03. The molecule has 0 radical (unpaired) electrons. The molecule has 1 aromatic rings. The lowest BCUT2D eigenvalue weighted by Crippen LogP contribution is -2.32. The fourth-order valence-corrected chi connectivity index (χ4v) is 3.22. The fraction of sp³-hybridized carbons (Fsp3) is 0.562. The molecule has 0 bridgehead atoms. The summed E-state index contributed by atoms with van der Waals surface area (Å²) in [5.74, 6) is 0.783. The van der Waals surface area contributed by atoms with Gasteiger partial charge in [0.25, 0.3) is 0 Å². The maximum absolute atomic E-state index is 9.49. The predicted molar refractivity (Wildman–Crippen MR) is 83.7 cm³/mol. The molecule has 2 rings (SSSR count). The molecule has 20 heavy (non-hydrogen) atoms. The molecular weight excluding hydrogens is 316 g/mol. The van der Waals surface area contributed by atoms with Crippen molar-refractivity contribution in [3.63, 3.8) is 0 Å². The summed E-state index contributed by atoms with van der Waals surface area (Å²) in [4.78, 5) is 0. The van der Waals surface area contributed by atoms with E-state index in [4.69, 9.17) is 4.74 Å². The number of nitrogens with zero attached hydrogens (tertiary/aromatic N) is 1. The number of rotatable bonds is 4. The van der Waals surface area contributed by atoms with Crippen LogP contribution in [-0.4, -0.2) is 13.2 Å². The molecular formula is C16H21BrN2O. The van der Waals surface area contributed by atoms with Gasteiger partial charge in [0.1, 0.15) is 11.8 Å². The second-order valence-corrected chi connectivity index (χ2v) is 6.16. The Labute approximate surface area is 129 Å². The number of nitriles is 1. The van der Waals surface area contributed by atoms with Crippen LogP contribution in [-0.2, 0) is 0 Å². The van der Waals surface area contributed by atoms with Gasteiger partial charge in [-0.15, -0.1) is 0 Å². The molecule has 1 aliphatic rings. The van der Waals surface area contributed by atoms with E-state index in [1.165, 1.54) is 38.5 Å². The Balaban J connectivity index is 2.13. The highest BCUT2D eigenvalue weighted by molar-refractivity contribution is 9.10. The standard InChI is InChI=1S/C16H21BrN2O/c1-20-13-8-9-15(17)14(10-13)16(11-18)19-12-6-4-2-3-5-7-12/h8-10,12,16,19H,2-7H2,1H3. The maximum atomic E-state index is 9.49. The molecule has 1 fully saturated rings. The summed E-state index contributed by atoms with van der Waals surface area (Å²) in [6, 6.07) is 8.30. The number of ether oxygens (including phenoxy) is 1. The highest BCUT2D eigenvalue weighted by Gasteiger charge is 2.20. The maximum Gasteiger partial charge on any atom is 0.122 e. The number of benzene rings is 1. The lowest BCUT2D eigenvalue weighted by atomic mass is 10.0. The third-order valence-corrected chi connectivity index (χ3v) is 4.62. The van der Waals surface area contributed by atoms with E-state index in [1.54, 1.807) is 7.11 Å². The van der Waals surface area contributed by atoms with Gasteiger partial charge < -0.3 is 4.74 Å². The summed E-state index contributed by atoms with van der Waals surface area (Å²) >= 11 is 3.53. The fourth-order valence-electron chi connectivity index (χ4n) is 2.75. The van der Waals surface area contributed by atoms with Gasteiger partial charge in [0, 0.05) is 16.1 Å². The molecule has 0 aliphatic heterocycles. The van der Waals surface area contributed by atoms with Gasteiger partial charge in [-0.25, -0.2) is 0 Å². The average molecular weight is 337 g/mol. The molecule has 0 amide bonds. The van der Waals surface area contributed by atoms with Crippen molar-refractivity contribution in [2.75, 3.05) is 7.11 Å². The molecule has 0 saturated heterocycles. The van der Waals surface area contributed by atoms with Gasteiger partial charge in [0.05, 0.1) is 13.2 Å². The highest BCUT2D eigenvalue weighted by atomic mass is 79.9. The quantitative estimate of drug-likeness (QED) is 0.832. The van der Waals surface area contributed by atoms with Gasteiger partial charge in [0.2, 0.25) is 0 Å². The molecule has 1 aromatic carbocycles. The third-order valence-electron chi connectivity index (χ3n) is 3.90. The Bertz CT molecular complexity index is 476. The SMILES string of the molecule is COc1ccc(Br)c(C(C#N)NC2CCCCCC2)c1. The first-order chi connectivity index (χ1) is 9.74. The van der Waals surface area contributed by atoms with Crippen molar-refractivity contribution in [1.29, 1.82) is 5.26 Å². The van der Waals surface area contributed by atoms with Gasteiger partial charge in [-0.3, -0.25) is 5.32 Å². The van der Waals surface area contributed by atoms with Gasteiger partial charge >= 0.3 is 0 Å². The third kappa shape index (κ3) is 3.97. The molecule has 1 aliphatic carbocycles. The normalized spacial score (nSPS) is 18.1. The second-order valence-electron chi connectivity index (χ2n) is 5.30. The van der Waals surface area contributed by atoms with Crippen molar-refractivity contribution in [1.82, 2.24) is 5.32 Å². The Morgan fingerprint density at radius 1 is 1.30 bits per heavy atom. The zero-order valence-electron chi connectivity index (χ0n) is 11.9. The number of methoxy groups -OCH3 is 1. The minimum Gasteiger partial charge on any atom is -0.497 e. The Morgan fingerprint density at radius 2 is 2.00 bits per heavy atom. The lowest BCUT2D eigenvalue weighted by Gasteiger charge is -2.21. The zero-order valence-corrected chi connectivity index (χ0v) is 13.4. The van der Waals surface area contributed by atoms with Crippen LogP contribution in [0.15, 0.2) is 22.7 Å². The zero-order chi connectivity index (χ0) is 14.4. The molecule has 1 atom stereocenters. The summed E-state index contributed by atoms with van der Waals surface area (Å²) in [6.07, 6.45) is 7.49. The molecule has 0 spiro atoms. The van der Waals surface area contributed by atoms with Crippen molar-refractivity contribution in [3.8, 4) is 11.8 Å². The molecule has 1 unspecified atom stereocenters. The summed E-state index contributed by atoms with van der Waals surface area (Å²) in [7, 11) is 1.65. The Hall–Kier alpha value is -1.05. The summed E-state index contributed by atoms with van der Waals surface area (Å²) in [5, 5.41) is 13.0. The first kappa shape index (κ1) is 15.3. The van der Waals surface area contributed by atoms with E-state index in [1.807, 2.05) is 18.2 Å². The van der Waals surface area contributed by atoms with Gasteiger partial charge in [0.15, 0.2) is 0 Å². The van der Waals surface area contributed by atoms with Crippen molar-refractivity contribution in [2.45, 2.75) is 50.6 Å². The van der Waals surface area contributed by atoms with E-state index in [0.717, 1.165) is 15.8 Å². The van der Waals surface area contributed by atoms with Gasteiger partial charge in [-0.2, -0.15) is 5.26 Å². The highest BCUT2D eigenvalue weighted by Crippen LogP contribution is 2.29. The monoisotopic (exact) mass is 336 g/mol. The van der Waals surface area contributed by atoms with E-state index in [9.17, 15) is 5.26 Å². The van der Waals surface area contributed by atoms with Crippen LogP contribution in [0.4, 0.5) is 0 Å².